The second-order valence-corrected chi connectivity index (χ2v) is 4.36. The fourth-order valence-corrected chi connectivity index (χ4v) is 1.89. The van der Waals surface area contributed by atoms with Crippen LogP contribution in [0.15, 0.2) is 29.2 Å². The summed E-state index contributed by atoms with van der Waals surface area (Å²) in [5.41, 5.74) is 1.03. The average Bonchev–Trinajstić information content (AvgIpc) is 2.28. The first-order valence-corrected chi connectivity index (χ1v) is 6.25. The predicted molar refractivity (Wildman–Crippen MR) is 66.5 cm³/mol. The number of aryl methyl sites for hydroxylation is 2. The molecule has 0 spiro atoms. The monoisotopic (exact) mass is 231 g/mol. The third-order valence-corrected chi connectivity index (χ3v) is 2.95. The molecular weight excluding hydrogens is 218 g/mol. The maximum absolute atomic E-state index is 4.33. The zero-order chi connectivity index (χ0) is 11.5. The molecule has 3 nitrogen and oxygen atoms in total. The molecule has 2 rings (SSSR count). The van der Waals surface area contributed by atoms with Gasteiger partial charge < -0.3 is 0 Å². The van der Waals surface area contributed by atoms with Gasteiger partial charge in [0.05, 0.1) is 0 Å². The lowest BCUT2D eigenvalue weighted by molar-refractivity contribution is 0.928. The fourth-order valence-electron chi connectivity index (χ4n) is 1.48. The van der Waals surface area contributed by atoms with Crippen LogP contribution in [0.5, 0.6) is 0 Å². The van der Waals surface area contributed by atoms with E-state index in [4.69, 9.17) is 0 Å². The Hall–Kier alpha value is -1.42. The molecule has 4 heteroatoms. The quantitative estimate of drug-likeness (QED) is 0.745. The van der Waals surface area contributed by atoms with E-state index in [-0.39, 0.29) is 0 Å². The maximum atomic E-state index is 4.33. The highest BCUT2D eigenvalue weighted by atomic mass is 32.2. The number of hydrogen-bond acceptors (Lipinski definition) is 4. The minimum absolute atomic E-state index is 0.748. The molecule has 0 unspecified atom stereocenters. The smallest absolute Gasteiger partial charge is 0.163 e. The van der Waals surface area contributed by atoms with Gasteiger partial charge >= 0.3 is 0 Å². The Morgan fingerprint density at radius 3 is 1.94 bits per heavy atom. The molecule has 16 heavy (non-hydrogen) atoms. The van der Waals surface area contributed by atoms with Crippen molar-refractivity contribution in [1.29, 1.82) is 0 Å². The van der Waals surface area contributed by atoms with Gasteiger partial charge in [0.1, 0.15) is 11.6 Å². The van der Waals surface area contributed by atoms with Crippen LogP contribution in [0, 0.1) is 13.8 Å². The van der Waals surface area contributed by atoms with Crippen LogP contribution >= 0.6 is 11.8 Å². The van der Waals surface area contributed by atoms with Gasteiger partial charge in [-0.2, -0.15) is 0 Å². The molecule has 0 bridgehead atoms. The SMILES string of the molecule is CSc1ccc(-c2nc(C)nc(C)n2)cc1. The van der Waals surface area contributed by atoms with E-state index in [2.05, 4.69) is 33.3 Å². The molecule has 1 aromatic heterocycles. The first-order chi connectivity index (χ1) is 7.69. The van der Waals surface area contributed by atoms with Gasteiger partial charge in [0, 0.05) is 10.5 Å². The normalized spacial score (nSPS) is 10.4. The minimum Gasteiger partial charge on any atom is -0.219 e. The summed E-state index contributed by atoms with van der Waals surface area (Å²) in [5.74, 6) is 2.27. The number of rotatable bonds is 2. The molecular formula is C12H13N3S. The van der Waals surface area contributed by atoms with Crippen LogP contribution in [0.25, 0.3) is 11.4 Å². The fraction of sp³-hybridized carbons (Fsp3) is 0.250. The Balaban J connectivity index is 2.42. The number of aromatic nitrogens is 3. The van der Waals surface area contributed by atoms with Crippen LogP contribution in [0.3, 0.4) is 0 Å². The van der Waals surface area contributed by atoms with Crippen molar-refractivity contribution in [3.8, 4) is 11.4 Å². The summed E-state index contributed by atoms with van der Waals surface area (Å²) in [4.78, 5) is 14.1. The maximum Gasteiger partial charge on any atom is 0.163 e. The van der Waals surface area contributed by atoms with Crippen molar-refractivity contribution in [3.63, 3.8) is 0 Å². The summed E-state index contributed by atoms with van der Waals surface area (Å²) in [6.07, 6.45) is 2.06. The molecule has 0 amide bonds. The van der Waals surface area contributed by atoms with Crippen LogP contribution < -0.4 is 0 Å². The summed E-state index contributed by atoms with van der Waals surface area (Å²) in [5, 5.41) is 0. The Morgan fingerprint density at radius 2 is 1.44 bits per heavy atom. The summed E-state index contributed by atoms with van der Waals surface area (Å²) in [7, 11) is 0. The summed E-state index contributed by atoms with van der Waals surface area (Å²) in [6.45, 7) is 3.77. The van der Waals surface area contributed by atoms with Crippen molar-refractivity contribution < 1.29 is 0 Å². The standard InChI is InChI=1S/C12H13N3S/c1-8-13-9(2)15-12(14-8)10-4-6-11(16-3)7-5-10/h4-7H,1-3H3. The third kappa shape index (κ3) is 2.39. The molecule has 1 aromatic carbocycles. The zero-order valence-electron chi connectivity index (χ0n) is 9.56. The van der Waals surface area contributed by atoms with E-state index in [0.717, 1.165) is 23.0 Å². The van der Waals surface area contributed by atoms with Crippen LogP contribution in [-0.2, 0) is 0 Å². The van der Waals surface area contributed by atoms with Crippen LogP contribution in [0.4, 0.5) is 0 Å². The van der Waals surface area contributed by atoms with Gasteiger partial charge in [-0.15, -0.1) is 11.8 Å². The molecule has 2 aromatic rings. The molecule has 82 valence electrons. The largest absolute Gasteiger partial charge is 0.219 e. The highest BCUT2D eigenvalue weighted by Crippen LogP contribution is 2.20. The Labute approximate surface area is 99.4 Å². The van der Waals surface area contributed by atoms with E-state index in [9.17, 15) is 0 Å². The molecule has 0 saturated heterocycles. The average molecular weight is 231 g/mol. The van der Waals surface area contributed by atoms with Gasteiger partial charge in [0.2, 0.25) is 0 Å². The summed E-state index contributed by atoms with van der Waals surface area (Å²) >= 11 is 1.73. The van der Waals surface area contributed by atoms with Gasteiger partial charge in [0.25, 0.3) is 0 Å². The second kappa shape index (κ2) is 4.61. The van der Waals surface area contributed by atoms with E-state index < -0.39 is 0 Å². The van der Waals surface area contributed by atoms with Crippen LogP contribution in [0.1, 0.15) is 11.6 Å². The van der Waals surface area contributed by atoms with Crippen molar-refractivity contribution in [3.05, 3.63) is 35.9 Å². The van der Waals surface area contributed by atoms with Gasteiger partial charge in [0.15, 0.2) is 5.82 Å². The minimum atomic E-state index is 0.748. The van der Waals surface area contributed by atoms with E-state index in [1.54, 1.807) is 11.8 Å². The van der Waals surface area contributed by atoms with Gasteiger partial charge in [-0.25, -0.2) is 15.0 Å². The van der Waals surface area contributed by atoms with E-state index in [1.165, 1.54) is 4.90 Å². The van der Waals surface area contributed by atoms with E-state index >= 15 is 0 Å². The van der Waals surface area contributed by atoms with Gasteiger partial charge in [-0.1, -0.05) is 12.1 Å². The van der Waals surface area contributed by atoms with E-state index in [1.807, 2.05) is 26.0 Å². The highest BCUT2D eigenvalue weighted by Gasteiger charge is 2.03. The number of thioether (sulfide) groups is 1. The summed E-state index contributed by atoms with van der Waals surface area (Å²) in [6, 6.07) is 8.24. The zero-order valence-corrected chi connectivity index (χ0v) is 10.4. The number of nitrogens with zero attached hydrogens (tertiary/aromatic N) is 3. The lowest BCUT2D eigenvalue weighted by Gasteiger charge is -2.03. The van der Waals surface area contributed by atoms with Crippen LogP contribution in [-0.4, -0.2) is 21.2 Å². The lowest BCUT2D eigenvalue weighted by Crippen LogP contribution is -1.98. The van der Waals surface area contributed by atoms with Gasteiger partial charge in [-0.05, 0) is 32.2 Å². The van der Waals surface area contributed by atoms with Crippen molar-refractivity contribution in [2.75, 3.05) is 6.26 Å². The first-order valence-electron chi connectivity index (χ1n) is 5.03. The van der Waals surface area contributed by atoms with Gasteiger partial charge in [-0.3, -0.25) is 0 Å². The molecule has 0 saturated carbocycles. The lowest BCUT2D eigenvalue weighted by atomic mass is 10.2. The van der Waals surface area contributed by atoms with Crippen molar-refractivity contribution >= 4 is 11.8 Å². The first kappa shape index (κ1) is 11.1. The second-order valence-electron chi connectivity index (χ2n) is 3.48. The topological polar surface area (TPSA) is 38.7 Å². The highest BCUT2D eigenvalue weighted by molar-refractivity contribution is 7.98. The third-order valence-electron chi connectivity index (χ3n) is 2.21. The van der Waals surface area contributed by atoms with Crippen LogP contribution in [0.2, 0.25) is 0 Å². The summed E-state index contributed by atoms with van der Waals surface area (Å²) < 4.78 is 0. The van der Waals surface area contributed by atoms with Crippen molar-refractivity contribution in [2.24, 2.45) is 0 Å². The predicted octanol–water partition coefficient (Wildman–Crippen LogP) is 2.88. The number of hydrogen-bond donors (Lipinski definition) is 0. The molecule has 0 fully saturated rings. The molecule has 0 radical (unpaired) electrons. The molecule has 0 aliphatic heterocycles. The van der Waals surface area contributed by atoms with Crippen molar-refractivity contribution in [1.82, 2.24) is 15.0 Å². The Kier molecular flexibility index (Phi) is 3.19. The number of benzene rings is 1. The molecule has 0 N–H and O–H groups in total. The molecule has 0 aliphatic carbocycles. The Bertz CT molecular complexity index is 474. The van der Waals surface area contributed by atoms with E-state index in [0.29, 0.717) is 0 Å². The Morgan fingerprint density at radius 1 is 0.875 bits per heavy atom. The van der Waals surface area contributed by atoms with Crippen molar-refractivity contribution in [2.45, 2.75) is 18.7 Å². The molecule has 0 atom stereocenters. The molecule has 0 aliphatic rings. The molecule has 1 heterocycles.